The summed E-state index contributed by atoms with van der Waals surface area (Å²) >= 11 is 0. The van der Waals surface area contributed by atoms with Gasteiger partial charge in [-0.05, 0) is 12.5 Å². The molecule has 0 rings (SSSR count). The van der Waals surface area contributed by atoms with Gasteiger partial charge in [-0.1, -0.05) is 24.3 Å². The summed E-state index contributed by atoms with van der Waals surface area (Å²) in [5.41, 5.74) is 0. The lowest BCUT2D eigenvalue weighted by Crippen LogP contribution is -1.57. The smallest absolute Gasteiger partial charge is 0.142 e. The highest BCUT2D eigenvalue weighted by Crippen LogP contribution is 1.82. The Bertz CT molecular complexity index is 132. The van der Waals surface area contributed by atoms with Crippen LogP contribution in [0.3, 0.4) is 0 Å². The molecule has 0 spiro atoms. The Morgan fingerprint density at radius 1 is 1.22 bits per heavy atom. The number of aldehydes is 1. The summed E-state index contributed by atoms with van der Waals surface area (Å²) in [7, 11) is 0. The fourth-order valence-electron chi connectivity index (χ4n) is 0.363. The molecule has 0 aliphatic carbocycles. The Balaban J connectivity index is 3.33. The fraction of sp³-hybridized carbons (Fsp3) is 0.125. The molecule has 0 aromatic rings. The minimum absolute atomic E-state index is 0.748. The van der Waals surface area contributed by atoms with E-state index in [0.717, 1.165) is 12.7 Å². The van der Waals surface area contributed by atoms with Crippen LogP contribution in [0.2, 0.25) is 0 Å². The Morgan fingerprint density at radius 2 is 2.00 bits per heavy atom. The first-order valence-electron chi connectivity index (χ1n) is 2.79. The summed E-state index contributed by atoms with van der Waals surface area (Å²) in [4.78, 5) is 9.70. The number of rotatable bonds is 4. The first-order chi connectivity index (χ1) is 4.41. The number of hydrogen-bond acceptors (Lipinski definition) is 1. The van der Waals surface area contributed by atoms with Gasteiger partial charge in [0, 0.05) is 0 Å². The van der Waals surface area contributed by atoms with Crippen LogP contribution in [-0.2, 0) is 4.79 Å². The second-order valence-corrected chi connectivity index (χ2v) is 1.47. The largest absolute Gasteiger partial charge is 0.299 e. The summed E-state index contributed by atoms with van der Waals surface area (Å²) in [5.74, 6) is 0. The molecular formula is C8H10O. The zero-order chi connectivity index (χ0) is 6.95. The molecule has 0 amide bonds. The lowest BCUT2D eigenvalue weighted by molar-refractivity contribution is -0.104. The van der Waals surface area contributed by atoms with Crippen molar-refractivity contribution in [3.8, 4) is 0 Å². The van der Waals surface area contributed by atoms with Crippen molar-refractivity contribution in [3.63, 3.8) is 0 Å². The van der Waals surface area contributed by atoms with E-state index in [1.165, 1.54) is 6.08 Å². The van der Waals surface area contributed by atoms with Crippen molar-refractivity contribution < 1.29 is 4.79 Å². The van der Waals surface area contributed by atoms with Crippen LogP contribution in [0, 0.1) is 0 Å². The molecular weight excluding hydrogens is 112 g/mol. The van der Waals surface area contributed by atoms with Gasteiger partial charge in [-0.2, -0.15) is 0 Å². The second kappa shape index (κ2) is 6.89. The van der Waals surface area contributed by atoms with Crippen LogP contribution in [-0.4, -0.2) is 6.29 Å². The lowest BCUT2D eigenvalue weighted by atomic mass is 10.3. The summed E-state index contributed by atoms with van der Waals surface area (Å²) < 4.78 is 0. The number of carbonyl (C=O) groups excluding carboxylic acids is 1. The molecule has 0 N–H and O–H groups in total. The van der Waals surface area contributed by atoms with Gasteiger partial charge >= 0.3 is 0 Å². The average Bonchev–Trinajstić information content (AvgIpc) is 1.89. The Kier molecular flexibility index (Phi) is 6.04. The van der Waals surface area contributed by atoms with Gasteiger partial charge < -0.3 is 0 Å². The van der Waals surface area contributed by atoms with Crippen molar-refractivity contribution in [1.29, 1.82) is 0 Å². The molecule has 0 saturated heterocycles. The van der Waals surface area contributed by atoms with Gasteiger partial charge in [0.2, 0.25) is 0 Å². The van der Waals surface area contributed by atoms with E-state index in [9.17, 15) is 4.79 Å². The third kappa shape index (κ3) is 6.89. The van der Waals surface area contributed by atoms with Gasteiger partial charge in [-0.15, -0.1) is 6.58 Å². The minimum Gasteiger partial charge on any atom is -0.299 e. The van der Waals surface area contributed by atoms with Crippen LogP contribution in [0.4, 0.5) is 0 Å². The highest BCUT2D eigenvalue weighted by atomic mass is 16.1. The Hall–Kier alpha value is -1.11. The van der Waals surface area contributed by atoms with Crippen molar-refractivity contribution >= 4 is 6.29 Å². The molecule has 0 bridgehead atoms. The van der Waals surface area contributed by atoms with E-state index < -0.39 is 0 Å². The number of carbonyl (C=O) groups is 1. The summed E-state index contributed by atoms with van der Waals surface area (Å²) in [6.07, 6.45) is 10.3. The predicted molar refractivity (Wildman–Crippen MR) is 39.2 cm³/mol. The van der Waals surface area contributed by atoms with E-state index in [0.29, 0.717) is 0 Å². The maximum atomic E-state index is 9.70. The molecule has 0 aromatic carbocycles. The van der Waals surface area contributed by atoms with Gasteiger partial charge in [0.25, 0.3) is 0 Å². The molecule has 0 unspecified atom stereocenters. The summed E-state index contributed by atoms with van der Waals surface area (Å²) in [6.45, 7) is 3.53. The van der Waals surface area contributed by atoms with Gasteiger partial charge in [0.05, 0.1) is 0 Å². The van der Waals surface area contributed by atoms with Gasteiger partial charge in [0.15, 0.2) is 0 Å². The first-order valence-corrected chi connectivity index (χ1v) is 2.79. The topological polar surface area (TPSA) is 17.1 Å². The van der Waals surface area contributed by atoms with E-state index in [-0.39, 0.29) is 0 Å². The van der Waals surface area contributed by atoms with Gasteiger partial charge in [-0.3, -0.25) is 4.79 Å². The number of allylic oxidation sites excluding steroid dienone is 5. The standard InChI is InChI=1S/C8H10O/c1-2-3-4-5-6-7-8-9/h2,4-8H,1,3H2/b5-4?,7-6+. The van der Waals surface area contributed by atoms with Gasteiger partial charge in [0.1, 0.15) is 6.29 Å². The molecule has 1 heteroatoms. The predicted octanol–water partition coefficient (Wildman–Crippen LogP) is 1.87. The zero-order valence-electron chi connectivity index (χ0n) is 5.29. The van der Waals surface area contributed by atoms with E-state index >= 15 is 0 Å². The molecule has 48 valence electrons. The van der Waals surface area contributed by atoms with E-state index in [1.54, 1.807) is 12.2 Å². The van der Waals surface area contributed by atoms with Crippen molar-refractivity contribution in [2.24, 2.45) is 0 Å². The maximum Gasteiger partial charge on any atom is 0.142 e. The fourth-order valence-corrected chi connectivity index (χ4v) is 0.363. The third-order valence-electron chi connectivity index (χ3n) is 0.740. The third-order valence-corrected chi connectivity index (χ3v) is 0.740. The van der Waals surface area contributed by atoms with Crippen molar-refractivity contribution in [1.82, 2.24) is 0 Å². The molecule has 9 heavy (non-hydrogen) atoms. The van der Waals surface area contributed by atoms with E-state index in [2.05, 4.69) is 6.58 Å². The zero-order valence-corrected chi connectivity index (χ0v) is 5.29. The van der Waals surface area contributed by atoms with Crippen molar-refractivity contribution in [2.75, 3.05) is 0 Å². The number of hydrogen-bond donors (Lipinski definition) is 0. The Labute approximate surface area is 55.4 Å². The minimum atomic E-state index is 0.748. The molecule has 0 saturated carbocycles. The molecule has 0 aliphatic rings. The van der Waals surface area contributed by atoms with Crippen LogP contribution in [0.15, 0.2) is 37.0 Å². The highest BCUT2D eigenvalue weighted by Gasteiger charge is 1.63. The summed E-state index contributed by atoms with van der Waals surface area (Å²) in [6, 6.07) is 0. The molecule has 1 nitrogen and oxygen atoms in total. The molecule has 0 heterocycles. The maximum absolute atomic E-state index is 9.70. The summed E-state index contributed by atoms with van der Waals surface area (Å²) in [5, 5.41) is 0. The average molecular weight is 122 g/mol. The SMILES string of the molecule is C=CCC=C/C=C/C=O. The van der Waals surface area contributed by atoms with E-state index in [4.69, 9.17) is 0 Å². The molecule has 0 aromatic heterocycles. The van der Waals surface area contributed by atoms with Crippen molar-refractivity contribution in [3.05, 3.63) is 37.0 Å². The van der Waals surface area contributed by atoms with Crippen molar-refractivity contribution in [2.45, 2.75) is 6.42 Å². The van der Waals surface area contributed by atoms with Crippen LogP contribution >= 0.6 is 0 Å². The van der Waals surface area contributed by atoms with Gasteiger partial charge in [-0.25, -0.2) is 0 Å². The van der Waals surface area contributed by atoms with Crippen LogP contribution in [0.1, 0.15) is 6.42 Å². The quantitative estimate of drug-likeness (QED) is 0.241. The first kappa shape index (κ1) is 7.89. The molecule has 0 atom stereocenters. The highest BCUT2D eigenvalue weighted by molar-refractivity contribution is 5.65. The van der Waals surface area contributed by atoms with Crippen LogP contribution in [0.25, 0.3) is 0 Å². The van der Waals surface area contributed by atoms with E-state index in [1.807, 2.05) is 12.2 Å². The second-order valence-electron chi connectivity index (χ2n) is 1.47. The molecule has 0 fully saturated rings. The Morgan fingerprint density at radius 3 is 2.56 bits per heavy atom. The normalized spacial score (nSPS) is 10.7. The van der Waals surface area contributed by atoms with Crippen LogP contribution < -0.4 is 0 Å². The monoisotopic (exact) mass is 122 g/mol. The molecule has 0 radical (unpaired) electrons. The lowest BCUT2D eigenvalue weighted by Gasteiger charge is -1.73. The molecule has 0 aliphatic heterocycles. The van der Waals surface area contributed by atoms with Crippen LogP contribution in [0.5, 0.6) is 0 Å².